The molecule has 6 nitrogen and oxygen atoms in total. The summed E-state index contributed by atoms with van der Waals surface area (Å²) < 4.78 is 24.4. The van der Waals surface area contributed by atoms with Crippen molar-refractivity contribution in [2.75, 3.05) is 7.11 Å². The topological polar surface area (TPSA) is 83.6 Å². The van der Waals surface area contributed by atoms with Gasteiger partial charge in [-0.2, -0.15) is 0 Å². The van der Waals surface area contributed by atoms with Crippen LogP contribution in [0.15, 0.2) is 66.9 Å². The molecule has 4 aromatic rings. The van der Waals surface area contributed by atoms with Crippen molar-refractivity contribution < 1.29 is 23.8 Å². The number of benzene rings is 3. The van der Waals surface area contributed by atoms with Crippen molar-refractivity contribution in [2.24, 2.45) is 0 Å². The summed E-state index contributed by atoms with van der Waals surface area (Å²) in [5.74, 6) is -0.469. The minimum Gasteiger partial charge on any atom is -0.493 e. The van der Waals surface area contributed by atoms with Crippen molar-refractivity contribution in [1.29, 1.82) is 0 Å². The van der Waals surface area contributed by atoms with E-state index in [1.54, 1.807) is 24.3 Å². The van der Waals surface area contributed by atoms with E-state index in [4.69, 9.17) is 21.1 Å². The second kappa shape index (κ2) is 10.6. The molecule has 0 aliphatic rings. The molecule has 0 aliphatic heterocycles. The van der Waals surface area contributed by atoms with Crippen LogP contribution in [0.25, 0.3) is 10.9 Å². The Bertz CT molecular complexity index is 1290. The van der Waals surface area contributed by atoms with Crippen LogP contribution >= 0.6 is 11.6 Å². The summed E-state index contributed by atoms with van der Waals surface area (Å²) in [5.41, 5.74) is 3.43. The monoisotopic (exact) mass is 482 g/mol. The predicted octanol–water partition coefficient (Wildman–Crippen LogP) is 5.33. The Morgan fingerprint density at radius 1 is 1.15 bits per heavy atom. The number of para-hydroxylation sites is 1. The van der Waals surface area contributed by atoms with E-state index in [9.17, 15) is 14.3 Å². The molecule has 176 valence electrons. The predicted molar refractivity (Wildman–Crippen MR) is 129 cm³/mol. The number of carbonyl (C=O) groups is 1. The van der Waals surface area contributed by atoms with Crippen molar-refractivity contribution in [3.8, 4) is 11.5 Å². The van der Waals surface area contributed by atoms with Crippen LogP contribution in [0.2, 0.25) is 5.02 Å². The van der Waals surface area contributed by atoms with Gasteiger partial charge in [0, 0.05) is 30.1 Å². The van der Waals surface area contributed by atoms with Crippen molar-refractivity contribution in [3.63, 3.8) is 0 Å². The maximum absolute atomic E-state index is 13.1. The van der Waals surface area contributed by atoms with Gasteiger partial charge in [0.1, 0.15) is 18.5 Å². The van der Waals surface area contributed by atoms with E-state index in [0.717, 1.165) is 27.6 Å². The first-order valence-electron chi connectivity index (χ1n) is 10.7. The number of hydrogen-bond donors (Lipinski definition) is 3. The molecule has 4 rings (SSSR count). The van der Waals surface area contributed by atoms with Gasteiger partial charge in [-0.25, -0.2) is 4.39 Å². The number of aromatic amines is 1. The number of carboxylic acids is 1. The van der Waals surface area contributed by atoms with Crippen molar-refractivity contribution >= 4 is 28.5 Å². The summed E-state index contributed by atoms with van der Waals surface area (Å²) in [6.07, 6.45) is 2.17. The summed E-state index contributed by atoms with van der Waals surface area (Å²) >= 11 is 6.45. The van der Waals surface area contributed by atoms with Gasteiger partial charge in [-0.1, -0.05) is 41.9 Å². The van der Waals surface area contributed by atoms with Crippen LogP contribution in [0.4, 0.5) is 4.39 Å². The first-order valence-corrected chi connectivity index (χ1v) is 11.1. The number of aromatic nitrogens is 1. The molecule has 0 radical (unpaired) electrons. The second-order valence-electron chi connectivity index (χ2n) is 7.86. The fraction of sp³-hybridized carbons (Fsp3) is 0.192. The molecule has 0 amide bonds. The lowest BCUT2D eigenvalue weighted by Crippen LogP contribution is -2.38. The molecule has 0 fully saturated rings. The van der Waals surface area contributed by atoms with E-state index in [-0.39, 0.29) is 19.0 Å². The second-order valence-corrected chi connectivity index (χ2v) is 8.27. The average molecular weight is 483 g/mol. The van der Waals surface area contributed by atoms with Gasteiger partial charge in [0.15, 0.2) is 11.5 Å². The Morgan fingerprint density at radius 3 is 2.65 bits per heavy atom. The minimum absolute atomic E-state index is 0.194. The highest BCUT2D eigenvalue weighted by atomic mass is 35.5. The van der Waals surface area contributed by atoms with Gasteiger partial charge < -0.3 is 24.9 Å². The summed E-state index contributed by atoms with van der Waals surface area (Å²) in [5, 5.41) is 14.2. The number of fused-ring (bicyclic) bond motifs is 1. The number of nitrogens with one attached hydrogen (secondary N) is 2. The zero-order valence-corrected chi connectivity index (χ0v) is 19.2. The molecule has 34 heavy (non-hydrogen) atoms. The summed E-state index contributed by atoms with van der Waals surface area (Å²) in [6, 6.07) is 16.4. The van der Waals surface area contributed by atoms with Crippen molar-refractivity contribution in [3.05, 3.63) is 94.4 Å². The quantitative estimate of drug-likeness (QED) is 0.284. The number of ether oxygens (including phenoxy) is 2. The Hall–Kier alpha value is -3.55. The molecule has 0 unspecified atom stereocenters. The molecule has 0 saturated heterocycles. The molecule has 0 saturated carbocycles. The van der Waals surface area contributed by atoms with Crippen LogP contribution < -0.4 is 14.8 Å². The maximum atomic E-state index is 13.1. The molecule has 3 aromatic carbocycles. The number of rotatable bonds is 10. The molecule has 1 aromatic heterocycles. The van der Waals surface area contributed by atoms with Gasteiger partial charge in [0.25, 0.3) is 0 Å². The zero-order valence-electron chi connectivity index (χ0n) is 18.5. The van der Waals surface area contributed by atoms with Gasteiger partial charge in [-0.15, -0.1) is 0 Å². The molecule has 0 aliphatic carbocycles. The third kappa shape index (κ3) is 5.50. The number of aliphatic carboxylic acids is 1. The van der Waals surface area contributed by atoms with Crippen LogP contribution in [-0.4, -0.2) is 29.2 Å². The van der Waals surface area contributed by atoms with E-state index in [1.165, 1.54) is 19.2 Å². The van der Waals surface area contributed by atoms with Gasteiger partial charge in [-0.05, 0) is 47.0 Å². The number of halogens is 2. The fourth-order valence-corrected chi connectivity index (χ4v) is 4.05. The first-order chi connectivity index (χ1) is 16.4. The Balaban J connectivity index is 1.45. The molecule has 3 N–H and O–H groups in total. The smallest absolute Gasteiger partial charge is 0.321 e. The molecule has 8 heteroatoms. The standard InChI is InChI=1S/C26H24ClFN2O4/c1-33-24-11-17(10-21(27)25(24)34-15-16-6-8-19(28)9-7-16)13-29-23(26(31)32)12-18-14-30-22-5-3-2-4-20(18)22/h2-11,14,23,29-30H,12-13,15H2,1H3,(H,31,32)/t23-/m0/s1. The van der Waals surface area contributed by atoms with E-state index >= 15 is 0 Å². The lowest BCUT2D eigenvalue weighted by molar-refractivity contribution is -0.139. The number of carboxylic acid groups (broad SMARTS) is 1. The molecule has 0 bridgehead atoms. The average Bonchev–Trinajstić information content (AvgIpc) is 3.24. The van der Waals surface area contributed by atoms with Crippen LogP contribution in [-0.2, 0) is 24.4 Å². The first kappa shape index (κ1) is 23.6. The van der Waals surface area contributed by atoms with Crippen LogP contribution in [0.3, 0.4) is 0 Å². The van der Waals surface area contributed by atoms with E-state index in [0.29, 0.717) is 22.9 Å². The third-order valence-corrected chi connectivity index (χ3v) is 5.82. The van der Waals surface area contributed by atoms with E-state index < -0.39 is 12.0 Å². The largest absolute Gasteiger partial charge is 0.493 e. The molecule has 1 atom stereocenters. The Morgan fingerprint density at radius 2 is 1.91 bits per heavy atom. The van der Waals surface area contributed by atoms with Gasteiger partial charge in [0.2, 0.25) is 0 Å². The zero-order chi connectivity index (χ0) is 24.1. The highest BCUT2D eigenvalue weighted by Crippen LogP contribution is 2.37. The van der Waals surface area contributed by atoms with E-state index in [2.05, 4.69) is 10.3 Å². The van der Waals surface area contributed by atoms with Crippen LogP contribution in [0, 0.1) is 5.82 Å². The van der Waals surface area contributed by atoms with Crippen molar-refractivity contribution in [1.82, 2.24) is 10.3 Å². The van der Waals surface area contributed by atoms with Gasteiger partial charge in [-0.3, -0.25) is 4.79 Å². The summed E-state index contributed by atoms with van der Waals surface area (Å²) in [7, 11) is 1.50. The normalized spacial score (nSPS) is 12.0. The highest BCUT2D eigenvalue weighted by Gasteiger charge is 2.20. The molecular formula is C26H24ClFN2O4. The Labute approximate surface area is 201 Å². The third-order valence-electron chi connectivity index (χ3n) is 5.54. The van der Waals surface area contributed by atoms with Crippen LogP contribution in [0.5, 0.6) is 11.5 Å². The highest BCUT2D eigenvalue weighted by molar-refractivity contribution is 6.32. The molecular weight excluding hydrogens is 459 g/mol. The Kier molecular flexibility index (Phi) is 7.35. The fourth-order valence-electron chi connectivity index (χ4n) is 3.76. The summed E-state index contributed by atoms with van der Waals surface area (Å²) in [4.78, 5) is 15.1. The summed E-state index contributed by atoms with van der Waals surface area (Å²) in [6.45, 7) is 0.466. The van der Waals surface area contributed by atoms with Gasteiger partial charge in [0.05, 0.1) is 12.1 Å². The molecule has 0 spiro atoms. The maximum Gasteiger partial charge on any atom is 0.321 e. The lowest BCUT2D eigenvalue weighted by atomic mass is 10.0. The SMILES string of the molecule is COc1cc(CN[C@@H](Cc2c[nH]c3ccccc23)C(=O)O)cc(Cl)c1OCc1ccc(F)cc1. The van der Waals surface area contributed by atoms with Gasteiger partial charge >= 0.3 is 5.97 Å². The lowest BCUT2D eigenvalue weighted by Gasteiger charge is -2.17. The van der Waals surface area contributed by atoms with Crippen LogP contribution in [0.1, 0.15) is 16.7 Å². The number of methoxy groups -OCH3 is 1. The van der Waals surface area contributed by atoms with Crippen molar-refractivity contribution in [2.45, 2.75) is 25.6 Å². The minimum atomic E-state index is -0.942. The number of hydrogen-bond acceptors (Lipinski definition) is 4. The van der Waals surface area contributed by atoms with E-state index in [1.807, 2.05) is 30.5 Å². The molecule has 1 heterocycles. The number of H-pyrrole nitrogens is 1.